The number of nitrogens with one attached hydrogen (secondary N) is 1. The fourth-order valence-electron chi connectivity index (χ4n) is 2.51. The summed E-state index contributed by atoms with van der Waals surface area (Å²) < 4.78 is 10.2. The summed E-state index contributed by atoms with van der Waals surface area (Å²) in [4.78, 5) is 39.9. The zero-order chi connectivity index (χ0) is 22.2. The van der Waals surface area contributed by atoms with Crippen LogP contribution >= 0.6 is 23.1 Å². The number of carbonyl (C=O) groups excluding carboxylic acids is 2. The van der Waals surface area contributed by atoms with Crippen LogP contribution in [0.25, 0.3) is 0 Å². The Morgan fingerprint density at radius 3 is 2.77 bits per heavy atom. The van der Waals surface area contributed by atoms with Crippen molar-refractivity contribution in [2.75, 3.05) is 19.0 Å². The number of methoxy groups -OCH3 is 1. The van der Waals surface area contributed by atoms with Gasteiger partial charge in [0.15, 0.2) is 6.61 Å². The Hall–Kier alpha value is -3.44. The summed E-state index contributed by atoms with van der Waals surface area (Å²) in [5.41, 5.74) is 3.06. The van der Waals surface area contributed by atoms with E-state index in [0.717, 1.165) is 10.6 Å². The van der Waals surface area contributed by atoms with Crippen LogP contribution in [0.5, 0.6) is 5.75 Å². The predicted octanol–water partition coefficient (Wildman–Crippen LogP) is 4.15. The number of amides is 1. The Labute approximate surface area is 185 Å². The number of thioether (sulfide) groups is 1. The first kappa shape index (κ1) is 22.2. The number of ether oxygens (including phenoxy) is 2. The maximum absolute atomic E-state index is 12.5. The summed E-state index contributed by atoms with van der Waals surface area (Å²) in [6.07, 6.45) is 0. The van der Waals surface area contributed by atoms with Crippen LogP contribution in [0.15, 0.2) is 58.3 Å². The van der Waals surface area contributed by atoms with Crippen molar-refractivity contribution in [3.05, 3.63) is 74.7 Å². The predicted molar refractivity (Wildman–Crippen MR) is 117 cm³/mol. The zero-order valence-corrected chi connectivity index (χ0v) is 17.9. The molecule has 1 heterocycles. The quantitative estimate of drug-likeness (QED) is 0.219. The molecule has 1 N–H and O–H groups in total. The van der Waals surface area contributed by atoms with E-state index in [1.54, 1.807) is 23.7 Å². The van der Waals surface area contributed by atoms with Crippen LogP contribution in [0.1, 0.15) is 16.1 Å². The zero-order valence-electron chi connectivity index (χ0n) is 16.3. The minimum atomic E-state index is -0.632. The summed E-state index contributed by atoms with van der Waals surface area (Å²) in [5, 5.41) is 15.3. The van der Waals surface area contributed by atoms with Crippen LogP contribution in [-0.4, -0.2) is 35.5 Å². The highest BCUT2D eigenvalue weighted by Gasteiger charge is 2.17. The van der Waals surface area contributed by atoms with Gasteiger partial charge in [-0.1, -0.05) is 12.1 Å². The van der Waals surface area contributed by atoms with Crippen molar-refractivity contribution in [1.29, 1.82) is 0 Å². The third kappa shape index (κ3) is 6.03. The number of thiazole rings is 1. The number of nitro benzene ring substituents is 1. The molecule has 0 bridgehead atoms. The minimum Gasteiger partial charge on any atom is -0.494 e. The lowest BCUT2D eigenvalue weighted by molar-refractivity contribution is -0.384. The summed E-state index contributed by atoms with van der Waals surface area (Å²) in [7, 11) is 1.33. The van der Waals surface area contributed by atoms with E-state index in [4.69, 9.17) is 9.47 Å². The molecule has 11 heteroatoms. The minimum absolute atomic E-state index is 0.123. The van der Waals surface area contributed by atoms with Gasteiger partial charge in [0.1, 0.15) is 5.75 Å². The second-order valence-electron chi connectivity index (χ2n) is 6.03. The van der Waals surface area contributed by atoms with Crippen molar-refractivity contribution in [2.24, 2.45) is 0 Å². The lowest BCUT2D eigenvalue weighted by atomic mass is 10.2. The van der Waals surface area contributed by atoms with Gasteiger partial charge in [-0.15, -0.1) is 23.1 Å². The SMILES string of the molecule is COc1cc([N+](=O)[O-])ccc1NC(=O)COC(=O)c1ccccc1SCc1cscn1. The molecule has 1 aromatic heterocycles. The Kier molecular flexibility index (Phi) is 7.57. The monoisotopic (exact) mass is 459 g/mol. The Morgan fingerprint density at radius 1 is 1.26 bits per heavy atom. The van der Waals surface area contributed by atoms with Crippen molar-refractivity contribution in [3.63, 3.8) is 0 Å². The molecule has 1 amide bonds. The fourth-order valence-corrected chi connectivity index (χ4v) is 4.12. The van der Waals surface area contributed by atoms with Gasteiger partial charge in [-0.3, -0.25) is 14.9 Å². The lowest BCUT2D eigenvalue weighted by Crippen LogP contribution is -2.21. The number of hydrogen-bond acceptors (Lipinski definition) is 9. The van der Waals surface area contributed by atoms with Crippen molar-refractivity contribution in [3.8, 4) is 5.75 Å². The van der Waals surface area contributed by atoms with Gasteiger partial charge < -0.3 is 14.8 Å². The molecule has 0 spiro atoms. The molecule has 9 nitrogen and oxygen atoms in total. The molecular weight excluding hydrogens is 442 g/mol. The van der Waals surface area contributed by atoms with Crippen molar-refractivity contribution in [2.45, 2.75) is 10.6 Å². The normalized spacial score (nSPS) is 10.4. The van der Waals surface area contributed by atoms with E-state index in [1.807, 2.05) is 11.4 Å². The highest BCUT2D eigenvalue weighted by atomic mass is 32.2. The Balaban J connectivity index is 1.60. The third-order valence-electron chi connectivity index (χ3n) is 3.97. The van der Waals surface area contributed by atoms with Crippen LogP contribution < -0.4 is 10.1 Å². The number of nitro groups is 1. The number of carbonyl (C=O) groups is 2. The molecule has 0 radical (unpaired) electrons. The molecule has 0 unspecified atom stereocenters. The van der Waals surface area contributed by atoms with Gasteiger partial charge in [0.05, 0.1) is 40.6 Å². The average Bonchev–Trinajstić information content (AvgIpc) is 3.30. The van der Waals surface area contributed by atoms with Crippen LogP contribution in [0.4, 0.5) is 11.4 Å². The van der Waals surface area contributed by atoms with Gasteiger partial charge in [0.2, 0.25) is 0 Å². The number of rotatable bonds is 9. The molecule has 0 aliphatic rings. The molecule has 31 heavy (non-hydrogen) atoms. The number of non-ortho nitro benzene ring substituents is 1. The second-order valence-corrected chi connectivity index (χ2v) is 7.77. The van der Waals surface area contributed by atoms with Gasteiger partial charge in [-0.25, -0.2) is 9.78 Å². The first-order valence-electron chi connectivity index (χ1n) is 8.86. The van der Waals surface area contributed by atoms with Gasteiger partial charge in [-0.2, -0.15) is 0 Å². The molecule has 0 atom stereocenters. The van der Waals surface area contributed by atoms with Crippen LogP contribution in [0, 0.1) is 10.1 Å². The number of anilines is 1. The topological polar surface area (TPSA) is 121 Å². The van der Waals surface area contributed by atoms with Crippen molar-refractivity contribution < 1.29 is 24.0 Å². The highest BCUT2D eigenvalue weighted by molar-refractivity contribution is 7.98. The molecule has 0 aliphatic heterocycles. The Bertz CT molecular complexity index is 1090. The van der Waals surface area contributed by atoms with Gasteiger partial charge in [-0.05, 0) is 18.2 Å². The number of benzene rings is 2. The number of hydrogen-bond donors (Lipinski definition) is 1. The van der Waals surface area contributed by atoms with Gasteiger partial charge >= 0.3 is 5.97 Å². The summed E-state index contributed by atoms with van der Waals surface area (Å²) >= 11 is 2.95. The van der Waals surface area contributed by atoms with Crippen LogP contribution in [0.2, 0.25) is 0 Å². The van der Waals surface area contributed by atoms with E-state index in [1.165, 1.54) is 48.4 Å². The molecule has 0 saturated carbocycles. The molecule has 3 rings (SSSR count). The number of nitrogens with zero attached hydrogens (tertiary/aromatic N) is 2. The maximum Gasteiger partial charge on any atom is 0.339 e. The van der Waals surface area contributed by atoms with E-state index in [0.29, 0.717) is 11.3 Å². The Morgan fingerprint density at radius 2 is 2.06 bits per heavy atom. The summed E-state index contributed by atoms with van der Waals surface area (Å²) in [5.74, 6) is -0.508. The standard InChI is InChI=1S/C20H17N3O6S2/c1-28-17-8-14(23(26)27)6-7-16(17)22-19(24)9-29-20(25)15-4-2-3-5-18(15)31-11-13-10-30-12-21-13/h2-8,10,12H,9,11H2,1H3,(H,22,24). The summed E-state index contributed by atoms with van der Waals surface area (Å²) in [6, 6.07) is 10.7. The first-order chi connectivity index (χ1) is 15.0. The molecule has 0 aliphatic carbocycles. The fraction of sp³-hybridized carbons (Fsp3) is 0.150. The van der Waals surface area contributed by atoms with E-state index in [2.05, 4.69) is 10.3 Å². The van der Waals surface area contributed by atoms with Crippen molar-refractivity contribution >= 4 is 46.3 Å². The van der Waals surface area contributed by atoms with Gasteiger partial charge in [0.25, 0.3) is 11.6 Å². The van der Waals surface area contributed by atoms with E-state index >= 15 is 0 Å². The van der Waals surface area contributed by atoms with Crippen LogP contribution in [0.3, 0.4) is 0 Å². The molecule has 2 aromatic carbocycles. The smallest absolute Gasteiger partial charge is 0.339 e. The average molecular weight is 460 g/mol. The molecule has 160 valence electrons. The molecule has 3 aromatic rings. The highest BCUT2D eigenvalue weighted by Crippen LogP contribution is 2.29. The second kappa shape index (κ2) is 10.5. The van der Waals surface area contributed by atoms with E-state index < -0.39 is 23.4 Å². The largest absolute Gasteiger partial charge is 0.494 e. The van der Waals surface area contributed by atoms with E-state index in [-0.39, 0.29) is 17.1 Å². The van der Waals surface area contributed by atoms with Crippen LogP contribution in [-0.2, 0) is 15.3 Å². The lowest BCUT2D eigenvalue weighted by Gasteiger charge is -2.11. The molecule has 0 fully saturated rings. The van der Waals surface area contributed by atoms with E-state index in [9.17, 15) is 19.7 Å². The maximum atomic E-state index is 12.5. The molecular formula is C20H17N3O6S2. The first-order valence-corrected chi connectivity index (χ1v) is 10.8. The van der Waals surface area contributed by atoms with Crippen molar-refractivity contribution in [1.82, 2.24) is 4.98 Å². The summed E-state index contributed by atoms with van der Waals surface area (Å²) in [6.45, 7) is -0.524. The number of aromatic nitrogens is 1. The molecule has 0 saturated heterocycles. The third-order valence-corrected chi connectivity index (χ3v) is 5.71. The number of esters is 1. The van der Waals surface area contributed by atoms with Gasteiger partial charge in [0, 0.05) is 22.1 Å².